The summed E-state index contributed by atoms with van der Waals surface area (Å²) in [7, 11) is -0.448. The largest absolute Gasteiger partial charge is 0.404 e. The molecule has 0 aliphatic heterocycles. The topological polar surface area (TPSA) is 82.0 Å². The number of rotatable bonds is 4. The number of H-pyrrole nitrogens is 2. The highest BCUT2D eigenvalue weighted by Gasteiger charge is 2.27. The first kappa shape index (κ1) is 16.4. The number of hydrogen-bond acceptors (Lipinski definition) is 4. The van der Waals surface area contributed by atoms with Crippen LogP contribution in [0.4, 0.5) is 0 Å². The molecule has 2 N–H and O–H groups in total. The van der Waals surface area contributed by atoms with E-state index >= 15 is 0 Å². The Balaban J connectivity index is 2.17. The SMILES string of the molecule is Cc1ccccc1-c1[nH+]c2n[nH]nc2c(OP=O)c1-c1ccccc1C. The number of aryl methyl sites for hydroxylation is 2. The molecule has 2 heterocycles. The zero-order valence-corrected chi connectivity index (χ0v) is 15.2. The Morgan fingerprint density at radius 3 is 2.27 bits per heavy atom. The van der Waals surface area contributed by atoms with Gasteiger partial charge >= 0.3 is 14.3 Å². The average Bonchev–Trinajstić information content (AvgIpc) is 3.11. The fourth-order valence-corrected chi connectivity index (χ4v) is 3.43. The molecule has 0 unspecified atom stereocenters. The van der Waals surface area contributed by atoms with Crippen LogP contribution in [-0.2, 0) is 4.57 Å². The van der Waals surface area contributed by atoms with E-state index < -0.39 is 8.69 Å². The zero-order chi connectivity index (χ0) is 18.1. The van der Waals surface area contributed by atoms with Crippen molar-refractivity contribution in [2.45, 2.75) is 13.8 Å². The molecule has 6 nitrogen and oxygen atoms in total. The summed E-state index contributed by atoms with van der Waals surface area (Å²) >= 11 is 0. The smallest absolute Gasteiger partial charge is 0.395 e. The molecule has 0 saturated heterocycles. The number of pyridine rings is 1. The Hall–Kier alpha value is -3.11. The summed E-state index contributed by atoms with van der Waals surface area (Å²) in [6.45, 7) is 4.08. The summed E-state index contributed by atoms with van der Waals surface area (Å²) in [4.78, 5) is 3.37. The average molecular weight is 363 g/mol. The Kier molecular flexibility index (Phi) is 4.19. The van der Waals surface area contributed by atoms with Gasteiger partial charge in [-0.05, 0) is 30.5 Å². The standard InChI is InChI=1S/C19H15N4O2P/c1-11-7-3-5-9-13(11)15-16(14-10-6-4-8-12(14)2)20-19-17(21-23-22-19)18(15)25-26-24/h3-10H,1-2H3,(H,20,21,22,23)/p+1. The van der Waals surface area contributed by atoms with Gasteiger partial charge in [0.1, 0.15) is 5.69 Å². The lowest BCUT2D eigenvalue weighted by Crippen LogP contribution is -2.12. The van der Waals surface area contributed by atoms with Crippen LogP contribution in [0.1, 0.15) is 11.1 Å². The van der Waals surface area contributed by atoms with Gasteiger partial charge in [0, 0.05) is 5.56 Å². The number of nitrogens with one attached hydrogen (secondary N) is 2. The van der Waals surface area contributed by atoms with Crippen molar-refractivity contribution < 1.29 is 14.1 Å². The molecule has 2 aromatic carbocycles. The van der Waals surface area contributed by atoms with Gasteiger partial charge in [0.05, 0.1) is 10.7 Å². The van der Waals surface area contributed by atoms with E-state index in [1.807, 2.05) is 62.4 Å². The third-order valence-corrected chi connectivity index (χ3v) is 4.70. The van der Waals surface area contributed by atoms with Gasteiger partial charge in [0.15, 0.2) is 5.75 Å². The highest BCUT2D eigenvalue weighted by atomic mass is 31.1. The number of hydrogen-bond donors (Lipinski definition) is 1. The predicted octanol–water partition coefficient (Wildman–Crippen LogP) is 4.31. The van der Waals surface area contributed by atoms with Crippen LogP contribution in [-0.4, -0.2) is 15.4 Å². The van der Waals surface area contributed by atoms with Crippen LogP contribution in [0.2, 0.25) is 0 Å². The van der Waals surface area contributed by atoms with Gasteiger partial charge in [0.25, 0.3) is 0 Å². The van der Waals surface area contributed by atoms with Crippen LogP contribution in [0.15, 0.2) is 48.5 Å². The van der Waals surface area contributed by atoms with Gasteiger partial charge in [-0.3, -0.25) is 0 Å². The van der Waals surface area contributed by atoms with Crippen LogP contribution < -0.4 is 9.51 Å². The third-order valence-electron chi connectivity index (χ3n) is 4.44. The highest BCUT2D eigenvalue weighted by molar-refractivity contribution is 7.17. The predicted molar refractivity (Wildman–Crippen MR) is 99.0 cm³/mol. The molecule has 0 spiro atoms. The van der Waals surface area contributed by atoms with Crippen molar-refractivity contribution >= 4 is 19.9 Å². The van der Waals surface area contributed by atoms with Gasteiger partial charge in [-0.15, -0.1) is 10.3 Å². The molecule has 0 radical (unpaired) electrons. The summed E-state index contributed by atoms with van der Waals surface area (Å²) in [6, 6.07) is 16.1. The number of aromatic amines is 2. The first-order valence-electron chi connectivity index (χ1n) is 8.12. The molecule has 0 bridgehead atoms. The molecule has 26 heavy (non-hydrogen) atoms. The van der Waals surface area contributed by atoms with E-state index in [0.717, 1.165) is 33.5 Å². The van der Waals surface area contributed by atoms with Gasteiger partial charge < -0.3 is 4.52 Å². The van der Waals surface area contributed by atoms with Gasteiger partial charge in [-0.2, -0.15) is 0 Å². The molecule has 0 aliphatic rings. The molecule has 128 valence electrons. The van der Waals surface area contributed by atoms with E-state index in [4.69, 9.17) is 4.52 Å². The Labute approximate surface area is 151 Å². The molecule has 0 aliphatic carbocycles. The van der Waals surface area contributed by atoms with Crippen LogP contribution in [0.5, 0.6) is 5.75 Å². The van der Waals surface area contributed by atoms with E-state index in [1.165, 1.54) is 0 Å². The van der Waals surface area contributed by atoms with Crippen LogP contribution in [0.3, 0.4) is 0 Å². The second-order valence-electron chi connectivity index (χ2n) is 6.02. The molecule has 0 atom stereocenters. The first-order valence-corrected chi connectivity index (χ1v) is 8.85. The second kappa shape index (κ2) is 6.65. The molecule has 0 amide bonds. The molecule has 0 saturated carbocycles. The van der Waals surface area contributed by atoms with Crippen LogP contribution in [0, 0.1) is 13.8 Å². The minimum Gasteiger partial charge on any atom is -0.404 e. The van der Waals surface area contributed by atoms with Gasteiger partial charge in [0.2, 0.25) is 5.52 Å². The quantitative estimate of drug-likeness (QED) is 0.548. The molecule has 7 heteroatoms. The first-order chi connectivity index (χ1) is 12.7. The van der Waals surface area contributed by atoms with Crippen molar-refractivity contribution in [1.29, 1.82) is 0 Å². The molecular formula is C19H16N4O2P+. The minimum absolute atomic E-state index is 0.428. The molecule has 4 rings (SSSR count). The number of aromatic nitrogens is 4. The maximum atomic E-state index is 11.3. The molecular weight excluding hydrogens is 347 g/mol. The van der Waals surface area contributed by atoms with Gasteiger partial charge in [-0.1, -0.05) is 48.5 Å². The summed E-state index contributed by atoms with van der Waals surface area (Å²) in [5.41, 5.74) is 6.87. The zero-order valence-electron chi connectivity index (χ0n) is 14.3. The highest BCUT2D eigenvalue weighted by Crippen LogP contribution is 2.42. The van der Waals surface area contributed by atoms with Crippen molar-refractivity contribution in [2.24, 2.45) is 0 Å². The molecule has 0 fully saturated rings. The lowest BCUT2D eigenvalue weighted by atomic mass is 9.93. The van der Waals surface area contributed by atoms with E-state index in [2.05, 4.69) is 20.4 Å². The Morgan fingerprint density at radius 2 is 1.62 bits per heavy atom. The van der Waals surface area contributed by atoms with Crippen LogP contribution >= 0.6 is 8.69 Å². The Morgan fingerprint density at radius 1 is 0.962 bits per heavy atom. The summed E-state index contributed by atoms with van der Waals surface area (Å²) in [5.74, 6) is 0.428. The summed E-state index contributed by atoms with van der Waals surface area (Å²) in [6.07, 6.45) is 0. The van der Waals surface area contributed by atoms with E-state index in [-0.39, 0.29) is 0 Å². The lowest BCUT2D eigenvalue weighted by molar-refractivity contribution is -0.333. The number of fused-ring (bicyclic) bond motifs is 1. The number of benzene rings is 2. The fourth-order valence-electron chi connectivity index (χ4n) is 3.18. The lowest BCUT2D eigenvalue weighted by Gasteiger charge is -2.14. The Bertz CT molecular complexity index is 1120. The van der Waals surface area contributed by atoms with E-state index in [0.29, 0.717) is 16.9 Å². The van der Waals surface area contributed by atoms with Gasteiger partial charge in [-0.25, -0.2) is 9.55 Å². The van der Waals surface area contributed by atoms with Crippen LogP contribution in [0.25, 0.3) is 33.5 Å². The summed E-state index contributed by atoms with van der Waals surface area (Å²) in [5, 5.41) is 10.9. The minimum atomic E-state index is -0.448. The summed E-state index contributed by atoms with van der Waals surface area (Å²) < 4.78 is 16.8. The fraction of sp³-hybridized carbons (Fsp3) is 0.105. The normalized spacial score (nSPS) is 11.2. The van der Waals surface area contributed by atoms with Crippen molar-refractivity contribution in [1.82, 2.24) is 15.4 Å². The maximum absolute atomic E-state index is 11.3. The van der Waals surface area contributed by atoms with E-state index in [9.17, 15) is 4.57 Å². The maximum Gasteiger partial charge on any atom is 0.395 e. The third kappa shape index (κ3) is 2.65. The second-order valence-corrected chi connectivity index (χ2v) is 6.35. The van der Waals surface area contributed by atoms with Crippen molar-refractivity contribution in [2.75, 3.05) is 0 Å². The van der Waals surface area contributed by atoms with E-state index in [1.54, 1.807) is 0 Å². The number of nitrogens with zero attached hydrogens (tertiary/aromatic N) is 2. The molecule has 4 aromatic rings. The monoisotopic (exact) mass is 363 g/mol. The van der Waals surface area contributed by atoms with Crippen molar-refractivity contribution in [3.05, 3.63) is 59.7 Å². The van der Waals surface area contributed by atoms with Crippen molar-refractivity contribution in [3.63, 3.8) is 0 Å². The molecule has 2 aromatic heterocycles. The van der Waals surface area contributed by atoms with Crippen molar-refractivity contribution in [3.8, 4) is 28.1 Å².